The number of halogens is 2. The maximum atomic E-state index is 13.6. The summed E-state index contributed by atoms with van der Waals surface area (Å²) in [5, 5.41) is 4.09. The van der Waals surface area contributed by atoms with Crippen LogP contribution in [0.2, 0.25) is 5.02 Å². The van der Waals surface area contributed by atoms with Crippen molar-refractivity contribution in [1.29, 1.82) is 0 Å². The van der Waals surface area contributed by atoms with E-state index in [1.165, 1.54) is 17.8 Å². The average Bonchev–Trinajstić information content (AvgIpc) is 3.10. The van der Waals surface area contributed by atoms with E-state index in [1.807, 2.05) is 35.9 Å². The zero-order valence-corrected chi connectivity index (χ0v) is 15.6. The smallest absolute Gasteiger partial charge is 0.230 e. The fourth-order valence-electron chi connectivity index (χ4n) is 2.45. The van der Waals surface area contributed by atoms with E-state index in [0.717, 1.165) is 11.3 Å². The lowest BCUT2D eigenvalue weighted by Gasteiger charge is -2.11. The summed E-state index contributed by atoms with van der Waals surface area (Å²) in [6.45, 7) is 2.10. The highest BCUT2D eigenvalue weighted by Crippen LogP contribution is 2.26. The summed E-state index contributed by atoms with van der Waals surface area (Å²) < 4.78 is 15.5. The molecule has 26 heavy (non-hydrogen) atoms. The fourth-order valence-corrected chi connectivity index (χ4v) is 3.42. The molecular formula is C19H17ClFN3OS. The van der Waals surface area contributed by atoms with Crippen molar-refractivity contribution >= 4 is 29.3 Å². The number of carbonyl (C=O) groups excluding carboxylic acids is 1. The third-order valence-electron chi connectivity index (χ3n) is 3.87. The molecule has 3 aromatic rings. The number of hydrogen-bond acceptors (Lipinski definition) is 3. The molecule has 0 aliphatic heterocycles. The fraction of sp³-hybridized carbons (Fsp3) is 0.158. The number of benzene rings is 2. The zero-order valence-electron chi connectivity index (χ0n) is 14.1. The third kappa shape index (κ3) is 4.26. The molecule has 0 aliphatic rings. The first kappa shape index (κ1) is 18.5. The molecule has 2 aromatic carbocycles. The van der Waals surface area contributed by atoms with Crippen LogP contribution in [-0.2, 0) is 11.3 Å². The first-order chi connectivity index (χ1) is 12.6. The van der Waals surface area contributed by atoms with Gasteiger partial charge in [-0.05, 0) is 30.7 Å². The van der Waals surface area contributed by atoms with Crippen LogP contribution in [0.15, 0.2) is 60.0 Å². The predicted octanol–water partition coefficient (Wildman–Crippen LogP) is 4.38. The van der Waals surface area contributed by atoms with Crippen LogP contribution in [0.5, 0.6) is 0 Å². The van der Waals surface area contributed by atoms with Crippen LogP contribution in [0.4, 0.5) is 4.39 Å². The Balaban J connectivity index is 1.62. The molecule has 4 nitrogen and oxygen atoms in total. The molecule has 1 aromatic heterocycles. The van der Waals surface area contributed by atoms with Crippen LogP contribution in [0, 0.1) is 12.7 Å². The molecule has 0 fully saturated rings. The van der Waals surface area contributed by atoms with Gasteiger partial charge in [0.25, 0.3) is 0 Å². The van der Waals surface area contributed by atoms with Gasteiger partial charge in [-0.1, -0.05) is 47.6 Å². The second kappa shape index (κ2) is 8.38. The predicted molar refractivity (Wildman–Crippen MR) is 102 cm³/mol. The van der Waals surface area contributed by atoms with Crippen molar-refractivity contribution < 1.29 is 9.18 Å². The minimum absolute atomic E-state index is 0.161. The molecule has 0 radical (unpaired) electrons. The monoisotopic (exact) mass is 389 g/mol. The first-order valence-electron chi connectivity index (χ1n) is 7.98. The van der Waals surface area contributed by atoms with Crippen molar-refractivity contribution in [1.82, 2.24) is 14.9 Å². The lowest BCUT2D eigenvalue weighted by atomic mass is 10.2. The molecule has 0 bridgehead atoms. The molecule has 1 N–H and O–H groups in total. The van der Waals surface area contributed by atoms with Crippen molar-refractivity contribution in [2.75, 3.05) is 5.75 Å². The molecule has 0 saturated heterocycles. The summed E-state index contributed by atoms with van der Waals surface area (Å²) in [7, 11) is 0. The maximum absolute atomic E-state index is 13.6. The summed E-state index contributed by atoms with van der Waals surface area (Å²) in [5.41, 5.74) is 2.32. The van der Waals surface area contributed by atoms with Gasteiger partial charge in [0, 0.05) is 29.5 Å². The highest BCUT2D eigenvalue weighted by molar-refractivity contribution is 7.99. The Hall–Kier alpha value is -2.31. The lowest BCUT2D eigenvalue weighted by molar-refractivity contribution is -0.118. The summed E-state index contributed by atoms with van der Waals surface area (Å²) in [6, 6.07) is 12.0. The zero-order chi connectivity index (χ0) is 18.5. The van der Waals surface area contributed by atoms with Gasteiger partial charge in [-0.25, -0.2) is 9.37 Å². The first-order valence-corrected chi connectivity index (χ1v) is 9.34. The summed E-state index contributed by atoms with van der Waals surface area (Å²) in [6.07, 6.45) is 3.51. The average molecular weight is 390 g/mol. The van der Waals surface area contributed by atoms with Gasteiger partial charge in [-0.2, -0.15) is 0 Å². The molecule has 0 aliphatic carbocycles. The Morgan fingerprint density at radius 1 is 1.27 bits per heavy atom. The van der Waals surface area contributed by atoms with Crippen LogP contribution in [-0.4, -0.2) is 21.2 Å². The molecule has 0 atom stereocenters. The van der Waals surface area contributed by atoms with E-state index in [-0.39, 0.29) is 24.0 Å². The van der Waals surface area contributed by atoms with Gasteiger partial charge >= 0.3 is 0 Å². The Kier molecular flexibility index (Phi) is 5.96. The Labute approximate surface area is 160 Å². The molecule has 3 rings (SSSR count). The molecule has 0 unspecified atom stereocenters. The van der Waals surface area contributed by atoms with Gasteiger partial charge in [0.2, 0.25) is 5.91 Å². The summed E-state index contributed by atoms with van der Waals surface area (Å²) >= 11 is 7.50. The van der Waals surface area contributed by atoms with Gasteiger partial charge in [-0.15, -0.1) is 0 Å². The summed E-state index contributed by atoms with van der Waals surface area (Å²) in [4.78, 5) is 16.4. The van der Waals surface area contributed by atoms with Crippen molar-refractivity contribution in [2.24, 2.45) is 0 Å². The number of amides is 1. The third-order valence-corrected chi connectivity index (χ3v) is 5.25. The van der Waals surface area contributed by atoms with Crippen LogP contribution in [0.1, 0.15) is 11.1 Å². The van der Waals surface area contributed by atoms with E-state index in [1.54, 1.807) is 24.4 Å². The number of hydrogen-bond donors (Lipinski definition) is 1. The standard InChI is InChI=1S/C19H17ClFN3OS/c1-13-15(20)6-4-8-17(13)24-10-9-22-19(24)26-12-18(25)23-11-14-5-2-3-7-16(14)21/h2-10H,11-12H2,1H3,(H,23,25). The number of imidazole rings is 1. The largest absolute Gasteiger partial charge is 0.351 e. The molecule has 0 spiro atoms. The van der Waals surface area contributed by atoms with E-state index in [4.69, 9.17) is 11.6 Å². The van der Waals surface area contributed by atoms with Gasteiger partial charge in [0.1, 0.15) is 5.82 Å². The SMILES string of the molecule is Cc1c(Cl)cccc1-n1ccnc1SCC(=O)NCc1ccccc1F. The van der Waals surface area contributed by atoms with Gasteiger partial charge in [0.15, 0.2) is 5.16 Å². The topological polar surface area (TPSA) is 46.9 Å². The van der Waals surface area contributed by atoms with Crippen molar-refractivity contribution in [3.8, 4) is 5.69 Å². The Morgan fingerprint density at radius 3 is 2.88 bits per heavy atom. The minimum atomic E-state index is -0.326. The van der Waals surface area contributed by atoms with E-state index >= 15 is 0 Å². The maximum Gasteiger partial charge on any atom is 0.230 e. The quantitative estimate of drug-likeness (QED) is 0.636. The lowest BCUT2D eigenvalue weighted by Crippen LogP contribution is -2.25. The highest BCUT2D eigenvalue weighted by Gasteiger charge is 2.12. The summed E-state index contributed by atoms with van der Waals surface area (Å²) in [5.74, 6) is -0.325. The van der Waals surface area contributed by atoms with Crippen LogP contribution < -0.4 is 5.32 Å². The molecule has 0 saturated carbocycles. The van der Waals surface area contributed by atoms with Gasteiger partial charge in [-0.3, -0.25) is 9.36 Å². The van der Waals surface area contributed by atoms with E-state index in [0.29, 0.717) is 15.7 Å². The van der Waals surface area contributed by atoms with Crippen molar-refractivity contribution in [2.45, 2.75) is 18.6 Å². The van der Waals surface area contributed by atoms with E-state index in [2.05, 4.69) is 10.3 Å². The van der Waals surface area contributed by atoms with Crippen molar-refractivity contribution in [3.63, 3.8) is 0 Å². The number of nitrogens with zero attached hydrogens (tertiary/aromatic N) is 2. The van der Waals surface area contributed by atoms with E-state index in [9.17, 15) is 9.18 Å². The molecule has 1 heterocycles. The Morgan fingerprint density at radius 2 is 2.08 bits per heavy atom. The molecule has 1 amide bonds. The number of rotatable bonds is 6. The normalized spacial score (nSPS) is 10.7. The van der Waals surface area contributed by atoms with Crippen LogP contribution in [0.25, 0.3) is 5.69 Å². The Bertz CT molecular complexity index is 929. The second-order valence-corrected chi connectivity index (χ2v) is 6.97. The number of nitrogens with one attached hydrogen (secondary N) is 1. The number of thioether (sulfide) groups is 1. The number of aromatic nitrogens is 2. The molecule has 7 heteroatoms. The molecular weight excluding hydrogens is 373 g/mol. The van der Waals surface area contributed by atoms with E-state index < -0.39 is 0 Å². The van der Waals surface area contributed by atoms with Gasteiger partial charge < -0.3 is 5.32 Å². The van der Waals surface area contributed by atoms with Crippen molar-refractivity contribution in [3.05, 3.63) is 76.8 Å². The number of carbonyl (C=O) groups is 1. The van der Waals surface area contributed by atoms with Gasteiger partial charge in [0.05, 0.1) is 11.4 Å². The minimum Gasteiger partial charge on any atom is -0.351 e. The van der Waals surface area contributed by atoms with Crippen LogP contribution >= 0.6 is 23.4 Å². The van der Waals surface area contributed by atoms with Crippen LogP contribution in [0.3, 0.4) is 0 Å². The second-order valence-electron chi connectivity index (χ2n) is 5.62. The highest BCUT2D eigenvalue weighted by atomic mass is 35.5. The molecule has 134 valence electrons.